The van der Waals surface area contributed by atoms with Gasteiger partial charge in [-0.25, -0.2) is 0 Å². The van der Waals surface area contributed by atoms with E-state index < -0.39 is 18.2 Å². The Kier molecular flexibility index (Phi) is 8.96. The second-order valence-electron chi connectivity index (χ2n) is 7.56. The average Bonchev–Trinajstić information content (AvgIpc) is 2.75. The standard InChI is InChI=1S/C23H29ClO6/c1-16(25)28-14-20(27)15-30-22-10-6-18(7-11-22)23(2,3)17-4-8-21(9-5-17)29-13-19(26)12-24/h4-11,19-20,26-27H,12-15H2,1-3H3/t19-,20+/m1/s1. The third kappa shape index (κ3) is 7.20. The maximum Gasteiger partial charge on any atom is 0.302 e. The number of rotatable bonds is 11. The number of carbonyl (C=O) groups is 1. The second kappa shape index (κ2) is 11.2. The number of aliphatic hydroxyl groups excluding tert-OH is 2. The number of carbonyl (C=O) groups excluding carboxylic acids is 1. The zero-order valence-electron chi connectivity index (χ0n) is 17.5. The van der Waals surface area contributed by atoms with E-state index in [1.54, 1.807) is 0 Å². The van der Waals surface area contributed by atoms with Crippen molar-refractivity contribution >= 4 is 17.6 Å². The van der Waals surface area contributed by atoms with Crippen LogP contribution >= 0.6 is 11.6 Å². The average molecular weight is 437 g/mol. The molecule has 0 aromatic heterocycles. The van der Waals surface area contributed by atoms with Crippen LogP contribution in [0.1, 0.15) is 31.9 Å². The molecule has 0 fully saturated rings. The van der Waals surface area contributed by atoms with Gasteiger partial charge in [-0.05, 0) is 35.4 Å². The fourth-order valence-corrected chi connectivity index (χ4v) is 2.88. The number of hydrogen-bond acceptors (Lipinski definition) is 6. The topological polar surface area (TPSA) is 85.2 Å². The monoisotopic (exact) mass is 436 g/mol. The van der Waals surface area contributed by atoms with Gasteiger partial charge in [0.1, 0.15) is 43.5 Å². The Morgan fingerprint density at radius 3 is 1.70 bits per heavy atom. The Bertz CT molecular complexity index is 788. The van der Waals surface area contributed by atoms with E-state index in [0.717, 1.165) is 11.1 Å². The van der Waals surface area contributed by atoms with Gasteiger partial charge in [0.05, 0.1) is 5.88 Å². The minimum absolute atomic E-state index is 0.0376. The Morgan fingerprint density at radius 2 is 1.30 bits per heavy atom. The molecule has 0 aliphatic heterocycles. The number of ether oxygens (including phenoxy) is 3. The normalized spacial score (nSPS) is 13.4. The van der Waals surface area contributed by atoms with Gasteiger partial charge in [0.2, 0.25) is 0 Å². The maximum absolute atomic E-state index is 10.8. The first-order valence-corrected chi connectivity index (χ1v) is 10.3. The minimum Gasteiger partial charge on any atom is -0.491 e. The van der Waals surface area contributed by atoms with Gasteiger partial charge in [0.25, 0.3) is 0 Å². The molecule has 0 radical (unpaired) electrons. The van der Waals surface area contributed by atoms with Gasteiger partial charge >= 0.3 is 5.97 Å². The van der Waals surface area contributed by atoms with E-state index in [9.17, 15) is 15.0 Å². The lowest BCUT2D eigenvalue weighted by Gasteiger charge is -2.26. The molecule has 0 spiro atoms. The number of halogens is 1. The van der Waals surface area contributed by atoms with Crippen molar-refractivity contribution in [3.05, 3.63) is 59.7 Å². The SMILES string of the molecule is CC(=O)OC[C@H](O)COc1ccc(C(C)(C)c2ccc(OC[C@H](O)CCl)cc2)cc1. The summed E-state index contributed by atoms with van der Waals surface area (Å²) >= 11 is 5.57. The first-order chi connectivity index (χ1) is 14.2. The summed E-state index contributed by atoms with van der Waals surface area (Å²) in [5.74, 6) is 0.997. The van der Waals surface area contributed by atoms with E-state index >= 15 is 0 Å². The molecular weight excluding hydrogens is 408 g/mol. The molecular formula is C23H29ClO6. The molecule has 0 aliphatic carbocycles. The van der Waals surface area contributed by atoms with Crippen molar-refractivity contribution in [3.8, 4) is 11.5 Å². The molecule has 0 aliphatic rings. The summed E-state index contributed by atoms with van der Waals surface area (Å²) in [5.41, 5.74) is 1.96. The zero-order chi connectivity index (χ0) is 22.1. The smallest absolute Gasteiger partial charge is 0.302 e. The first kappa shape index (κ1) is 24.0. The number of benzene rings is 2. The van der Waals surface area contributed by atoms with Crippen molar-refractivity contribution in [1.82, 2.24) is 0 Å². The third-order valence-corrected chi connectivity index (χ3v) is 5.05. The van der Waals surface area contributed by atoms with Crippen LogP contribution < -0.4 is 9.47 Å². The lowest BCUT2D eigenvalue weighted by molar-refractivity contribution is -0.144. The molecule has 0 saturated heterocycles. The van der Waals surface area contributed by atoms with Crippen LogP contribution in [0.4, 0.5) is 0 Å². The summed E-state index contributed by atoms with van der Waals surface area (Å²) in [7, 11) is 0. The predicted molar refractivity (Wildman–Crippen MR) is 115 cm³/mol. The molecule has 0 saturated carbocycles. The van der Waals surface area contributed by atoms with Gasteiger partial charge in [-0.2, -0.15) is 0 Å². The lowest BCUT2D eigenvalue weighted by Crippen LogP contribution is -2.24. The van der Waals surface area contributed by atoms with E-state index in [1.807, 2.05) is 48.5 Å². The Balaban J connectivity index is 1.96. The number of esters is 1. The maximum atomic E-state index is 10.8. The van der Waals surface area contributed by atoms with E-state index in [-0.39, 0.29) is 31.1 Å². The molecule has 30 heavy (non-hydrogen) atoms. The highest BCUT2D eigenvalue weighted by Crippen LogP contribution is 2.33. The van der Waals surface area contributed by atoms with Crippen LogP contribution in [0.15, 0.2) is 48.5 Å². The third-order valence-electron chi connectivity index (χ3n) is 4.69. The fraction of sp³-hybridized carbons (Fsp3) is 0.435. The van der Waals surface area contributed by atoms with Crippen molar-refractivity contribution < 1.29 is 29.2 Å². The molecule has 2 aromatic rings. The molecule has 0 unspecified atom stereocenters. The largest absolute Gasteiger partial charge is 0.491 e. The summed E-state index contributed by atoms with van der Waals surface area (Å²) in [6.45, 7) is 5.64. The van der Waals surface area contributed by atoms with Gasteiger partial charge < -0.3 is 24.4 Å². The Hall–Kier alpha value is -2.28. The van der Waals surface area contributed by atoms with E-state index in [0.29, 0.717) is 11.5 Å². The van der Waals surface area contributed by atoms with Gasteiger partial charge in [-0.1, -0.05) is 38.1 Å². The van der Waals surface area contributed by atoms with Crippen molar-refractivity contribution in [1.29, 1.82) is 0 Å². The Labute approximate surface area is 182 Å². The molecule has 2 aromatic carbocycles. The summed E-state index contributed by atoms with van der Waals surface area (Å²) in [6.07, 6.45) is -1.57. The highest BCUT2D eigenvalue weighted by Gasteiger charge is 2.23. The van der Waals surface area contributed by atoms with Gasteiger partial charge in [-0.3, -0.25) is 4.79 Å². The number of aliphatic hydroxyl groups is 2. The number of hydrogen-bond donors (Lipinski definition) is 2. The summed E-state index contributed by atoms with van der Waals surface area (Å²) in [5, 5.41) is 19.3. The first-order valence-electron chi connectivity index (χ1n) is 9.74. The molecule has 2 atom stereocenters. The van der Waals surface area contributed by atoms with Crippen LogP contribution in [-0.4, -0.2) is 54.1 Å². The fourth-order valence-electron chi connectivity index (χ4n) is 2.79. The molecule has 7 heteroatoms. The van der Waals surface area contributed by atoms with Crippen LogP contribution in [0.5, 0.6) is 11.5 Å². The lowest BCUT2D eigenvalue weighted by atomic mass is 9.78. The highest BCUT2D eigenvalue weighted by molar-refractivity contribution is 6.18. The minimum atomic E-state index is -0.878. The quantitative estimate of drug-likeness (QED) is 0.415. The molecule has 2 rings (SSSR count). The number of alkyl halides is 1. The predicted octanol–water partition coefficient (Wildman–Crippen LogP) is 3.29. The van der Waals surface area contributed by atoms with E-state index in [2.05, 4.69) is 13.8 Å². The van der Waals surface area contributed by atoms with Crippen molar-refractivity contribution in [2.45, 2.75) is 38.4 Å². The van der Waals surface area contributed by atoms with Crippen molar-refractivity contribution in [2.24, 2.45) is 0 Å². The molecule has 0 amide bonds. The highest BCUT2D eigenvalue weighted by atomic mass is 35.5. The van der Waals surface area contributed by atoms with Gasteiger partial charge in [0, 0.05) is 12.3 Å². The van der Waals surface area contributed by atoms with Crippen LogP contribution in [0.2, 0.25) is 0 Å². The zero-order valence-corrected chi connectivity index (χ0v) is 18.3. The second-order valence-corrected chi connectivity index (χ2v) is 7.87. The van der Waals surface area contributed by atoms with Crippen LogP contribution in [0.25, 0.3) is 0 Å². The summed E-state index contributed by atoms with van der Waals surface area (Å²) < 4.78 is 15.8. The van der Waals surface area contributed by atoms with Crippen molar-refractivity contribution in [2.75, 3.05) is 25.7 Å². The van der Waals surface area contributed by atoms with Crippen LogP contribution in [-0.2, 0) is 14.9 Å². The molecule has 6 nitrogen and oxygen atoms in total. The van der Waals surface area contributed by atoms with E-state index in [4.69, 9.17) is 25.8 Å². The molecule has 0 bridgehead atoms. The van der Waals surface area contributed by atoms with Gasteiger partial charge in [-0.15, -0.1) is 11.6 Å². The van der Waals surface area contributed by atoms with E-state index in [1.165, 1.54) is 6.92 Å². The van der Waals surface area contributed by atoms with Crippen LogP contribution in [0, 0.1) is 0 Å². The Morgan fingerprint density at radius 1 is 0.867 bits per heavy atom. The van der Waals surface area contributed by atoms with Crippen molar-refractivity contribution in [3.63, 3.8) is 0 Å². The van der Waals surface area contributed by atoms with Crippen LogP contribution in [0.3, 0.4) is 0 Å². The molecule has 164 valence electrons. The van der Waals surface area contributed by atoms with Gasteiger partial charge in [0.15, 0.2) is 0 Å². The summed E-state index contributed by atoms with van der Waals surface area (Å²) in [4.78, 5) is 10.8. The molecule has 2 N–H and O–H groups in total. The summed E-state index contributed by atoms with van der Waals surface area (Å²) in [6, 6.07) is 15.4. The molecule has 0 heterocycles.